The average molecular weight is 183 g/mol. The van der Waals surface area contributed by atoms with Crippen LogP contribution in [0.3, 0.4) is 0 Å². The van der Waals surface area contributed by atoms with E-state index in [4.69, 9.17) is 0 Å². The Morgan fingerprint density at radius 1 is 1.42 bits per heavy atom. The SMILES string of the molecule is CCNCc1csc(CC)c1C. The third kappa shape index (κ3) is 2.08. The highest BCUT2D eigenvalue weighted by molar-refractivity contribution is 7.10. The molecule has 0 radical (unpaired) electrons. The molecular formula is C10H17NS. The number of hydrogen-bond donors (Lipinski definition) is 1. The first-order chi connectivity index (χ1) is 5.79. The van der Waals surface area contributed by atoms with Crippen LogP contribution in [0, 0.1) is 6.92 Å². The van der Waals surface area contributed by atoms with E-state index in [0.717, 1.165) is 13.1 Å². The quantitative estimate of drug-likeness (QED) is 0.757. The van der Waals surface area contributed by atoms with Gasteiger partial charge in [0.2, 0.25) is 0 Å². The molecule has 68 valence electrons. The third-order valence-corrected chi connectivity index (χ3v) is 3.41. The minimum atomic E-state index is 1.03. The van der Waals surface area contributed by atoms with Crippen LogP contribution in [-0.2, 0) is 13.0 Å². The monoisotopic (exact) mass is 183 g/mol. The van der Waals surface area contributed by atoms with Crippen molar-refractivity contribution >= 4 is 11.3 Å². The van der Waals surface area contributed by atoms with Crippen LogP contribution in [0.1, 0.15) is 29.9 Å². The molecule has 1 heterocycles. The molecule has 0 spiro atoms. The summed E-state index contributed by atoms with van der Waals surface area (Å²) in [6.45, 7) is 8.66. The molecule has 0 amide bonds. The number of nitrogens with one attached hydrogen (secondary N) is 1. The highest BCUT2D eigenvalue weighted by Crippen LogP contribution is 2.21. The van der Waals surface area contributed by atoms with Gasteiger partial charge < -0.3 is 5.32 Å². The fraction of sp³-hybridized carbons (Fsp3) is 0.600. The molecule has 2 heteroatoms. The molecule has 12 heavy (non-hydrogen) atoms. The lowest BCUT2D eigenvalue weighted by molar-refractivity contribution is 0.725. The van der Waals surface area contributed by atoms with Crippen LogP contribution in [0.4, 0.5) is 0 Å². The first-order valence-electron chi connectivity index (χ1n) is 4.56. The summed E-state index contributed by atoms with van der Waals surface area (Å²) in [5, 5.41) is 5.62. The highest BCUT2D eigenvalue weighted by Gasteiger charge is 2.04. The fourth-order valence-corrected chi connectivity index (χ4v) is 2.30. The summed E-state index contributed by atoms with van der Waals surface area (Å²) >= 11 is 1.89. The molecule has 0 aliphatic heterocycles. The third-order valence-electron chi connectivity index (χ3n) is 2.13. The Labute approximate surface area is 78.8 Å². The maximum absolute atomic E-state index is 3.35. The molecule has 1 rings (SSSR count). The molecule has 1 nitrogen and oxygen atoms in total. The normalized spacial score (nSPS) is 10.6. The summed E-state index contributed by atoms with van der Waals surface area (Å²) in [6.07, 6.45) is 1.17. The van der Waals surface area contributed by atoms with Crippen molar-refractivity contribution in [2.45, 2.75) is 33.7 Å². The van der Waals surface area contributed by atoms with Crippen molar-refractivity contribution in [3.63, 3.8) is 0 Å². The van der Waals surface area contributed by atoms with Crippen molar-refractivity contribution in [1.29, 1.82) is 0 Å². The number of hydrogen-bond acceptors (Lipinski definition) is 2. The fourth-order valence-electron chi connectivity index (χ4n) is 1.28. The lowest BCUT2D eigenvalue weighted by atomic mass is 10.1. The molecule has 0 aliphatic rings. The topological polar surface area (TPSA) is 12.0 Å². The van der Waals surface area contributed by atoms with Crippen molar-refractivity contribution < 1.29 is 0 Å². The average Bonchev–Trinajstić information content (AvgIpc) is 2.43. The zero-order valence-corrected chi connectivity index (χ0v) is 8.92. The number of thiophene rings is 1. The van der Waals surface area contributed by atoms with Gasteiger partial charge in [-0.25, -0.2) is 0 Å². The van der Waals surface area contributed by atoms with Crippen LogP contribution < -0.4 is 5.32 Å². The van der Waals surface area contributed by atoms with Crippen molar-refractivity contribution in [2.24, 2.45) is 0 Å². The van der Waals surface area contributed by atoms with Gasteiger partial charge in [-0.1, -0.05) is 13.8 Å². The van der Waals surface area contributed by atoms with Crippen LogP contribution in [0.15, 0.2) is 5.38 Å². The van der Waals surface area contributed by atoms with E-state index in [1.807, 2.05) is 11.3 Å². The Morgan fingerprint density at radius 3 is 2.67 bits per heavy atom. The summed E-state index contributed by atoms with van der Waals surface area (Å²) in [6, 6.07) is 0. The van der Waals surface area contributed by atoms with Gasteiger partial charge >= 0.3 is 0 Å². The molecule has 1 aromatic rings. The summed E-state index contributed by atoms with van der Waals surface area (Å²) in [5.41, 5.74) is 2.96. The first kappa shape index (κ1) is 9.75. The van der Waals surface area contributed by atoms with E-state index < -0.39 is 0 Å². The first-order valence-corrected chi connectivity index (χ1v) is 5.44. The lowest BCUT2D eigenvalue weighted by Crippen LogP contribution is -2.11. The predicted molar refractivity (Wildman–Crippen MR) is 55.8 cm³/mol. The summed E-state index contributed by atoms with van der Waals surface area (Å²) < 4.78 is 0. The minimum Gasteiger partial charge on any atom is -0.313 e. The minimum absolute atomic E-state index is 1.03. The van der Waals surface area contributed by atoms with E-state index in [-0.39, 0.29) is 0 Å². The van der Waals surface area contributed by atoms with E-state index in [1.165, 1.54) is 22.4 Å². The molecular weight excluding hydrogens is 166 g/mol. The molecule has 0 fully saturated rings. The van der Waals surface area contributed by atoms with Gasteiger partial charge in [0.1, 0.15) is 0 Å². The van der Waals surface area contributed by atoms with Crippen molar-refractivity contribution in [2.75, 3.05) is 6.54 Å². The Bertz CT molecular complexity index is 240. The molecule has 0 saturated carbocycles. The molecule has 0 aromatic carbocycles. The largest absolute Gasteiger partial charge is 0.313 e. The molecule has 0 bridgehead atoms. The van der Waals surface area contributed by atoms with Gasteiger partial charge in [-0.3, -0.25) is 0 Å². The second-order valence-electron chi connectivity index (χ2n) is 2.94. The summed E-state index contributed by atoms with van der Waals surface area (Å²) in [7, 11) is 0. The van der Waals surface area contributed by atoms with E-state index >= 15 is 0 Å². The van der Waals surface area contributed by atoms with Crippen LogP contribution in [0.5, 0.6) is 0 Å². The van der Waals surface area contributed by atoms with Crippen molar-refractivity contribution in [3.05, 3.63) is 21.4 Å². The van der Waals surface area contributed by atoms with Gasteiger partial charge in [0, 0.05) is 11.4 Å². The van der Waals surface area contributed by atoms with E-state index in [0.29, 0.717) is 0 Å². The Balaban J connectivity index is 2.66. The van der Waals surface area contributed by atoms with Crippen molar-refractivity contribution in [3.8, 4) is 0 Å². The van der Waals surface area contributed by atoms with E-state index in [2.05, 4.69) is 31.5 Å². The predicted octanol–water partition coefficient (Wildman–Crippen LogP) is 2.73. The maximum Gasteiger partial charge on any atom is 0.0216 e. The second kappa shape index (κ2) is 4.63. The summed E-state index contributed by atoms with van der Waals surface area (Å²) in [4.78, 5) is 1.53. The highest BCUT2D eigenvalue weighted by atomic mass is 32.1. The van der Waals surface area contributed by atoms with Gasteiger partial charge in [-0.05, 0) is 36.4 Å². The second-order valence-corrected chi connectivity index (χ2v) is 3.91. The Morgan fingerprint density at radius 2 is 2.17 bits per heavy atom. The smallest absolute Gasteiger partial charge is 0.0216 e. The zero-order valence-electron chi connectivity index (χ0n) is 8.11. The van der Waals surface area contributed by atoms with Crippen LogP contribution in [0.25, 0.3) is 0 Å². The van der Waals surface area contributed by atoms with Gasteiger partial charge in [-0.15, -0.1) is 11.3 Å². The number of rotatable bonds is 4. The molecule has 0 aliphatic carbocycles. The Kier molecular flexibility index (Phi) is 3.76. The Hall–Kier alpha value is -0.340. The van der Waals surface area contributed by atoms with Crippen LogP contribution >= 0.6 is 11.3 Å². The van der Waals surface area contributed by atoms with Crippen LogP contribution in [0.2, 0.25) is 0 Å². The van der Waals surface area contributed by atoms with E-state index in [1.54, 1.807) is 0 Å². The van der Waals surface area contributed by atoms with Gasteiger partial charge in [0.25, 0.3) is 0 Å². The summed E-state index contributed by atoms with van der Waals surface area (Å²) in [5.74, 6) is 0. The van der Waals surface area contributed by atoms with Gasteiger partial charge in [0.05, 0.1) is 0 Å². The molecule has 0 unspecified atom stereocenters. The van der Waals surface area contributed by atoms with Gasteiger partial charge in [0.15, 0.2) is 0 Å². The van der Waals surface area contributed by atoms with Crippen molar-refractivity contribution in [1.82, 2.24) is 5.32 Å². The molecule has 0 saturated heterocycles. The molecule has 1 N–H and O–H groups in total. The zero-order chi connectivity index (χ0) is 8.97. The molecule has 1 aromatic heterocycles. The van der Waals surface area contributed by atoms with Crippen LogP contribution in [-0.4, -0.2) is 6.54 Å². The lowest BCUT2D eigenvalue weighted by Gasteiger charge is -2.01. The van der Waals surface area contributed by atoms with Gasteiger partial charge in [-0.2, -0.15) is 0 Å². The maximum atomic E-state index is 3.35. The number of aryl methyl sites for hydroxylation is 1. The standard InChI is InChI=1S/C10H17NS/c1-4-10-8(3)9(7-12-10)6-11-5-2/h7,11H,4-6H2,1-3H3. The van der Waals surface area contributed by atoms with E-state index in [9.17, 15) is 0 Å². The molecule has 0 atom stereocenters.